The summed E-state index contributed by atoms with van der Waals surface area (Å²) in [5.41, 5.74) is -0.332. The topological polar surface area (TPSA) is 76.6 Å². The van der Waals surface area contributed by atoms with Gasteiger partial charge in [0.15, 0.2) is 5.76 Å². The van der Waals surface area contributed by atoms with Crippen LogP contribution >= 0.6 is 11.8 Å². The molecule has 9 heteroatoms. The van der Waals surface area contributed by atoms with Gasteiger partial charge in [0.25, 0.3) is 0 Å². The summed E-state index contributed by atoms with van der Waals surface area (Å²) in [6.45, 7) is 0. The maximum absolute atomic E-state index is 14.3. The monoisotopic (exact) mass is 426 g/mol. The predicted molar refractivity (Wildman–Crippen MR) is 107 cm³/mol. The summed E-state index contributed by atoms with van der Waals surface area (Å²) in [6, 6.07) is 11.9. The van der Waals surface area contributed by atoms with Crippen LogP contribution in [0.3, 0.4) is 0 Å². The number of para-hydroxylation sites is 1. The van der Waals surface area contributed by atoms with Crippen molar-refractivity contribution in [3.63, 3.8) is 0 Å². The molecule has 1 saturated heterocycles. The van der Waals surface area contributed by atoms with E-state index < -0.39 is 28.5 Å². The number of carbonyl (C=O) groups is 1. The molecule has 5 rings (SSSR count). The molecule has 6 nitrogen and oxygen atoms in total. The van der Waals surface area contributed by atoms with Gasteiger partial charge in [-0.3, -0.25) is 4.79 Å². The lowest BCUT2D eigenvalue weighted by Gasteiger charge is -2.21. The van der Waals surface area contributed by atoms with E-state index in [0.29, 0.717) is 11.0 Å². The summed E-state index contributed by atoms with van der Waals surface area (Å²) in [5.74, 6) is -1.86. The van der Waals surface area contributed by atoms with Crippen LogP contribution in [0.5, 0.6) is 0 Å². The number of hydrogen-bond donors (Lipinski definition) is 0. The second-order valence-electron chi connectivity index (χ2n) is 6.55. The van der Waals surface area contributed by atoms with Crippen molar-refractivity contribution in [3.05, 3.63) is 82.3 Å². The number of carbonyl (C=O) groups excluding carboxylic acids is 1. The van der Waals surface area contributed by atoms with E-state index in [2.05, 4.69) is 4.98 Å². The number of anilines is 1. The van der Waals surface area contributed by atoms with E-state index >= 15 is 0 Å². The summed E-state index contributed by atoms with van der Waals surface area (Å²) in [5, 5.41) is -0.289. The van der Waals surface area contributed by atoms with Crippen LogP contribution < -0.4 is 10.5 Å². The van der Waals surface area contributed by atoms with Crippen molar-refractivity contribution in [2.24, 2.45) is 0 Å². The molecule has 1 fully saturated rings. The van der Waals surface area contributed by atoms with Gasteiger partial charge in [0.1, 0.15) is 28.2 Å². The van der Waals surface area contributed by atoms with Gasteiger partial charge >= 0.3 is 11.6 Å². The van der Waals surface area contributed by atoms with Gasteiger partial charge in [0.2, 0.25) is 5.91 Å². The standard InChI is InChI=1S/C21H12F2N2O4S/c22-13-5-3-6-14(23)18(13)19-25(17(26)10-30-19)21-24-9-16(29-21)12-8-11-4-1-2-7-15(11)28-20(12)27/h1-9,19H,10H2. The number of nitrogens with zero attached hydrogens (tertiary/aromatic N) is 2. The van der Waals surface area contributed by atoms with E-state index in [1.807, 2.05) is 0 Å². The first kappa shape index (κ1) is 18.6. The third-order valence-corrected chi connectivity index (χ3v) is 5.90. The van der Waals surface area contributed by atoms with Crippen LogP contribution in [0, 0.1) is 11.6 Å². The Morgan fingerprint density at radius 3 is 2.60 bits per heavy atom. The zero-order valence-electron chi connectivity index (χ0n) is 15.2. The van der Waals surface area contributed by atoms with Crippen LogP contribution in [0.25, 0.3) is 22.3 Å². The fraction of sp³-hybridized carbons (Fsp3) is 0.0952. The molecule has 0 N–H and O–H groups in total. The molecule has 1 atom stereocenters. The Kier molecular flexibility index (Phi) is 4.39. The number of oxazole rings is 1. The average molecular weight is 426 g/mol. The van der Waals surface area contributed by atoms with E-state index in [9.17, 15) is 18.4 Å². The maximum atomic E-state index is 14.3. The van der Waals surface area contributed by atoms with Crippen molar-refractivity contribution in [2.75, 3.05) is 10.7 Å². The van der Waals surface area contributed by atoms with Crippen molar-refractivity contribution in [2.45, 2.75) is 5.37 Å². The zero-order chi connectivity index (χ0) is 20.8. The molecule has 1 aliphatic heterocycles. The lowest BCUT2D eigenvalue weighted by atomic mass is 10.1. The molecular formula is C21H12F2N2O4S. The van der Waals surface area contributed by atoms with Crippen molar-refractivity contribution in [3.8, 4) is 11.3 Å². The molecule has 0 saturated carbocycles. The van der Waals surface area contributed by atoms with Crippen LogP contribution in [0.2, 0.25) is 0 Å². The minimum Gasteiger partial charge on any atom is -0.423 e. The Bertz CT molecular complexity index is 1330. The summed E-state index contributed by atoms with van der Waals surface area (Å²) in [4.78, 5) is 30.0. The van der Waals surface area contributed by atoms with E-state index in [4.69, 9.17) is 8.83 Å². The van der Waals surface area contributed by atoms with Gasteiger partial charge in [-0.2, -0.15) is 0 Å². The third-order valence-electron chi connectivity index (χ3n) is 4.72. The molecule has 30 heavy (non-hydrogen) atoms. The second-order valence-corrected chi connectivity index (χ2v) is 7.62. The molecular weight excluding hydrogens is 414 g/mol. The lowest BCUT2D eigenvalue weighted by Crippen LogP contribution is -2.29. The minimum absolute atomic E-state index is 0.00820. The lowest BCUT2D eigenvalue weighted by molar-refractivity contribution is -0.116. The highest BCUT2D eigenvalue weighted by Gasteiger charge is 2.40. The Balaban J connectivity index is 1.57. The van der Waals surface area contributed by atoms with E-state index in [0.717, 1.165) is 28.8 Å². The quantitative estimate of drug-likeness (QED) is 0.449. The van der Waals surface area contributed by atoms with Crippen molar-refractivity contribution in [1.29, 1.82) is 0 Å². The van der Waals surface area contributed by atoms with Gasteiger partial charge in [-0.15, -0.1) is 11.8 Å². The number of hydrogen-bond acceptors (Lipinski definition) is 6. The van der Waals surface area contributed by atoms with Crippen LogP contribution in [-0.2, 0) is 4.79 Å². The second kappa shape index (κ2) is 7.10. The maximum Gasteiger partial charge on any atom is 0.347 e. The molecule has 2 aromatic carbocycles. The molecule has 1 amide bonds. The summed E-state index contributed by atoms with van der Waals surface area (Å²) >= 11 is 1.06. The number of rotatable bonds is 3. The Morgan fingerprint density at radius 1 is 1.03 bits per heavy atom. The molecule has 150 valence electrons. The van der Waals surface area contributed by atoms with Crippen molar-refractivity contribution >= 4 is 34.7 Å². The van der Waals surface area contributed by atoms with Gasteiger partial charge in [-0.25, -0.2) is 23.5 Å². The molecule has 2 aromatic heterocycles. The van der Waals surface area contributed by atoms with Gasteiger partial charge in [-0.1, -0.05) is 24.3 Å². The number of amides is 1. The first-order valence-corrected chi connectivity index (χ1v) is 9.94. The first-order chi connectivity index (χ1) is 14.5. The van der Waals surface area contributed by atoms with E-state index in [1.54, 1.807) is 30.3 Å². The van der Waals surface area contributed by atoms with Crippen LogP contribution in [0.15, 0.2) is 68.4 Å². The van der Waals surface area contributed by atoms with Crippen LogP contribution in [-0.4, -0.2) is 16.6 Å². The van der Waals surface area contributed by atoms with E-state index in [-0.39, 0.29) is 28.7 Å². The molecule has 4 aromatic rings. The highest BCUT2D eigenvalue weighted by Crippen LogP contribution is 2.43. The van der Waals surface area contributed by atoms with Crippen LogP contribution in [0.1, 0.15) is 10.9 Å². The van der Waals surface area contributed by atoms with Crippen molar-refractivity contribution in [1.82, 2.24) is 4.98 Å². The number of aromatic nitrogens is 1. The van der Waals surface area contributed by atoms with Gasteiger partial charge < -0.3 is 8.83 Å². The molecule has 1 aliphatic rings. The highest BCUT2D eigenvalue weighted by molar-refractivity contribution is 8.00. The minimum atomic E-state index is -0.974. The van der Waals surface area contributed by atoms with Gasteiger partial charge in [-0.05, 0) is 24.3 Å². The molecule has 0 aliphatic carbocycles. The largest absolute Gasteiger partial charge is 0.423 e. The molecule has 0 radical (unpaired) electrons. The van der Waals surface area contributed by atoms with Gasteiger partial charge in [0, 0.05) is 5.39 Å². The number of thioether (sulfide) groups is 1. The number of fused-ring (bicyclic) bond motifs is 1. The summed E-state index contributed by atoms with van der Waals surface area (Å²) in [6.07, 6.45) is 1.28. The Hall–Kier alpha value is -3.46. The molecule has 3 heterocycles. The molecule has 0 spiro atoms. The molecule has 0 bridgehead atoms. The fourth-order valence-electron chi connectivity index (χ4n) is 3.33. The first-order valence-electron chi connectivity index (χ1n) is 8.89. The highest BCUT2D eigenvalue weighted by atomic mass is 32.2. The number of benzene rings is 2. The fourth-order valence-corrected chi connectivity index (χ4v) is 4.51. The van der Waals surface area contributed by atoms with Gasteiger partial charge in [0.05, 0.1) is 17.5 Å². The Labute approximate surface area is 172 Å². The third kappa shape index (κ3) is 2.98. The predicted octanol–water partition coefficient (Wildman–Crippen LogP) is 4.50. The summed E-state index contributed by atoms with van der Waals surface area (Å²) < 4.78 is 39.5. The summed E-state index contributed by atoms with van der Waals surface area (Å²) in [7, 11) is 0. The molecule has 1 unspecified atom stereocenters. The SMILES string of the molecule is O=C1CSC(c2c(F)cccc2F)N1c1ncc(-c2cc3ccccc3oc2=O)o1. The normalized spacial score (nSPS) is 16.5. The zero-order valence-corrected chi connectivity index (χ0v) is 16.0. The van der Waals surface area contributed by atoms with Crippen LogP contribution in [0.4, 0.5) is 14.8 Å². The smallest absolute Gasteiger partial charge is 0.347 e. The number of halogens is 2. The Morgan fingerprint density at radius 2 is 1.80 bits per heavy atom. The van der Waals surface area contributed by atoms with E-state index in [1.165, 1.54) is 12.3 Å². The van der Waals surface area contributed by atoms with Crippen molar-refractivity contribution < 1.29 is 22.4 Å². The average Bonchev–Trinajstić information content (AvgIpc) is 3.34.